The number of benzene rings is 2. The Balaban J connectivity index is 1.39. The first-order chi connectivity index (χ1) is 15.1. The molecule has 154 valence electrons. The fourth-order valence-electron chi connectivity index (χ4n) is 4.03. The minimum absolute atomic E-state index is 0.124. The SMILES string of the molecule is Cc1cc2c(c(-c3ccc4nc(C)ccc4c3)c1)OC(CNC(=O)c1cnccn1)C2. The summed E-state index contributed by atoms with van der Waals surface area (Å²) in [6.07, 6.45) is 5.13. The van der Waals surface area contributed by atoms with Gasteiger partial charge in [0.2, 0.25) is 0 Å². The van der Waals surface area contributed by atoms with Crippen molar-refractivity contribution in [1.82, 2.24) is 20.3 Å². The first-order valence-electron chi connectivity index (χ1n) is 10.3. The average molecular weight is 410 g/mol. The Kier molecular flexibility index (Phi) is 4.82. The zero-order chi connectivity index (χ0) is 21.4. The molecule has 2 aromatic heterocycles. The summed E-state index contributed by atoms with van der Waals surface area (Å²) in [5.41, 5.74) is 6.81. The molecule has 0 spiro atoms. The van der Waals surface area contributed by atoms with Gasteiger partial charge in [0, 0.05) is 35.5 Å². The lowest BCUT2D eigenvalue weighted by molar-refractivity contribution is 0.0928. The molecule has 4 aromatic rings. The van der Waals surface area contributed by atoms with Crippen molar-refractivity contribution < 1.29 is 9.53 Å². The maximum atomic E-state index is 12.3. The molecule has 0 saturated carbocycles. The van der Waals surface area contributed by atoms with Crippen LogP contribution in [-0.2, 0) is 6.42 Å². The topological polar surface area (TPSA) is 77.0 Å². The zero-order valence-corrected chi connectivity index (χ0v) is 17.4. The van der Waals surface area contributed by atoms with E-state index in [4.69, 9.17) is 4.74 Å². The van der Waals surface area contributed by atoms with Gasteiger partial charge in [-0.05, 0) is 54.8 Å². The predicted molar refractivity (Wildman–Crippen MR) is 119 cm³/mol. The van der Waals surface area contributed by atoms with Crippen LogP contribution in [0.1, 0.15) is 27.3 Å². The zero-order valence-electron chi connectivity index (χ0n) is 17.4. The lowest BCUT2D eigenvalue weighted by Crippen LogP contribution is -2.34. The second-order valence-corrected chi connectivity index (χ2v) is 7.91. The van der Waals surface area contributed by atoms with E-state index in [1.807, 2.05) is 13.0 Å². The first-order valence-corrected chi connectivity index (χ1v) is 10.3. The molecule has 3 heterocycles. The van der Waals surface area contributed by atoms with Gasteiger partial charge in [0.15, 0.2) is 0 Å². The Labute approximate surface area is 180 Å². The molecule has 0 saturated heterocycles. The number of aryl methyl sites for hydroxylation is 2. The van der Waals surface area contributed by atoms with Crippen molar-refractivity contribution in [2.45, 2.75) is 26.4 Å². The number of nitrogens with zero attached hydrogens (tertiary/aromatic N) is 3. The summed E-state index contributed by atoms with van der Waals surface area (Å²) in [5, 5.41) is 4.01. The third-order valence-electron chi connectivity index (χ3n) is 5.47. The normalized spacial score (nSPS) is 14.8. The molecule has 31 heavy (non-hydrogen) atoms. The van der Waals surface area contributed by atoms with Crippen molar-refractivity contribution in [3.05, 3.63) is 83.6 Å². The minimum Gasteiger partial charge on any atom is -0.487 e. The number of pyridine rings is 1. The Hall–Kier alpha value is -3.80. The molecular weight excluding hydrogens is 388 g/mol. The highest BCUT2D eigenvalue weighted by Gasteiger charge is 2.27. The Morgan fingerprint density at radius 1 is 1.13 bits per heavy atom. The molecule has 1 aliphatic heterocycles. The van der Waals surface area contributed by atoms with Crippen LogP contribution in [0.15, 0.2) is 61.1 Å². The molecule has 6 heteroatoms. The standard InChI is InChI=1S/C25H22N4O2/c1-15-9-19-12-20(13-28-25(30)23-14-26-7-8-27-23)31-24(19)21(10-15)17-5-6-22-18(11-17)4-3-16(2)29-22/h3-11,14,20H,12-13H2,1-2H3,(H,28,30). The third kappa shape index (κ3) is 3.84. The van der Waals surface area contributed by atoms with Gasteiger partial charge in [-0.15, -0.1) is 0 Å². The molecule has 5 rings (SSSR count). The van der Waals surface area contributed by atoms with E-state index in [0.29, 0.717) is 12.2 Å². The van der Waals surface area contributed by atoms with E-state index in [1.165, 1.54) is 18.0 Å². The highest BCUT2D eigenvalue weighted by Crippen LogP contribution is 2.40. The molecule has 1 N–H and O–H groups in total. The van der Waals surface area contributed by atoms with E-state index < -0.39 is 0 Å². The number of carbonyl (C=O) groups excluding carboxylic acids is 1. The number of rotatable bonds is 4. The van der Waals surface area contributed by atoms with Crippen LogP contribution in [0.3, 0.4) is 0 Å². The van der Waals surface area contributed by atoms with Gasteiger partial charge in [0.25, 0.3) is 5.91 Å². The van der Waals surface area contributed by atoms with Gasteiger partial charge in [-0.3, -0.25) is 14.8 Å². The first kappa shape index (κ1) is 19.2. The number of nitrogens with one attached hydrogen (secondary N) is 1. The van der Waals surface area contributed by atoms with Gasteiger partial charge in [-0.25, -0.2) is 4.98 Å². The molecule has 0 radical (unpaired) electrons. The van der Waals surface area contributed by atoms with Crippen molar-refractivity contribution in [1.29, 1.82) is 0 Å². The molecule has 6 nitrogen and oxygen atoms in total. The van der Waals surface area contributed by atoms with Crippen LogP contribution >= 0.6 is 0 Å². The van der Waals surface area contributed by atoms with Crippen LogP contribution in [0.4, 0.5) is 0 Å². The molecule has 2 aromatic carbocycles. The highest BCUT2D eigenvalue weighted by molar-refractivity contribution is 5.92. The number of aromatic nitrogens is 3. The lowest BCUT2D eigenvalue weighted by Gasteiger charge is -2.14. The fraction of sp³-hybridized carbons (Fsp3) is 0.200. The van der Waals surface area contributed by atoms with E-state index in [9.17, 15) is 4.79 Å². The Morgan fingerprint density at radius 2 is 2.03 bits per heavy atom. The highest BCUT2D eigenvalue weighted by atomic mass is 16.5. The van der Waals surface area contributed by atoms with Crippen molar-refractivity contribution in [3.63, 3.8) is 0 Å². The predicted octanol–water partition coefficient (Wildman–Crippen LogP) is 4.04. The summed E-state index contributed by atoms with van der Waals surface area (Å²) in [6, 6.07) is 14.7. The summed E-state index contributed by atoms with van der Waals surface area (Å²) in [5.74, 6) is 0.644. The summed E-state index contributed by atoms with van der Waals surface area (Å²) in [4.78, 5) is 24.9. The summed E-state index contributed by atoms with van der Waals surface area (Å²) in [7, 11) is 0. The quantitative estimate of drug-likeness (QED) is 0.549. The third-order valence-corrected chi connectivity index (χ3v) is 5.47. The van der Waals surface area contributed by atoms with Crippen molar-refractivity contribution in [2.24, 2.45) is 0 Å². The van der Waals surface area contributed by atoms with E-state index in [2.05, 4.69) is 63.6 Å². The second-order valence-electron chi connectivity index (χ2n) is 7.91. The molecule has 0 bridgehead atoms. The van der Waals surface area contributed by atoms with Gasteiger partial charge in [-0.1, -0.05) is 18.2 Å². The van der Waals surface area contributed by atoms with Crippen LogP contribution in [0, 0.1) is 13.8 Å². The van der Waals surface area contributed by atoms with Crippen LogP contribution in [0.25, 0.3) is 22.0 Å². The monoisotopic (exact) mass is 410 g/mol. The minimum atomic E-state index is -0.249. The Bertz CT molecular complexity index is 1290. The molecule has 0 fully saturated rings. The van der Waals surface area contributed by atoms with E-state index in [-0.39, 0.29) is 12.0 Å². The Morgan fingerprint density at radius 3 is 2.87 bits per heavy atom. The second kappa shape index (κ2) is 7.80. The number of amides is 1. The molecule has 1 unspecified atom stereocenters. The molecule has 1 aliphatic rings. The number of hydrogen-bond acceptors (Lipinski definition) is 5. The average Bonchev–Trinajstić information content (AvgIpc) is 3.20. The summed E-state index contributed by atoms with van der Waals surface area (Å²) >= 11 is 0. The van der Waals surface area contributed by atoms with Crippen molar-refractivity contribution in [3.8, 4) is 16.9 Å². The van der Waals surface area contributed by atoms with Crippen LogP contribution in [0.5, 0.6) is 5.75 Å². The van der Waals surface area contributed by atoms with Crippen molar-refractivity contribution in [2.75, 3.05) is 6.54 Å². The van der Waals surface area contributed by atoms with Gasteiger partial charge in [-0.2, -0.15) is 0 Å². The van der Waals surface area contributed by atoms with E-state index >= 15 is 0 Å². The molecule has 1 amide bonds. The van der Waals surface area contributed by atoms with Gasteiger partial charge < -0.3 is 10.1 Å². The summed E-state index contributed by atoms with van der Waals surface area (Å²) in [6.45, 7) is 4.50. The van der Waals surface area contributed by atoms with Gasteiger partial charge in [0.05, 0.1) is 18.3 Å². The molecule has 1 atom stereocenters. The van der Waals surface area contributed by atoms with E-state index in [0.717, 1.165) is 45.5 Å². The number of carbonyl (C=O) groups is 1. The van der Waals surface area contributed by atoms with Gasteiger partial charge in [0.1, 0.15) is 17.5 Å². The largest absolute Gasteiger partial charge is 0.487 e. The smallest absolute Gasteiger partial charge is 0.271 e. The van der Waals surface area contributed by atoms with E-state index in [1.54, 1.807) is 6.20 Å². The van der Waals surface area contributed by atoms with Crippen LogP contribution in [0.2, 0.25) is 0 Å². The number of ether oxygens (including phenoxy) is 1. The maximum absolute atomic E-state index is 12.3. The number of hydrogen-bond donors (Lipinski definition) is 1. The molecular formula is C25H22N4O2. The van der Waals surface area contributed by atoms with Gasteiger partial charge >= 0.3 is 0 Å². The fourth-order valence-corrected chi connectivity index (χ4v) is 4.03. The summed E-state index contributed by atoms with van der Waals surface area (Å²) < 4.78 is 6.30. The van der Waals surface area contributed by atoms with Crippen LogP contribution in [-0.4, -0.2) is 33.5 Å². The maximum Gasteiger partial charge on any atom is 0.271 e. The van der Waals surface area contributed by atoms with Crippen molar-refractivity contribution >= 4 is 16.8 Å². The molecule has 0 aliphatic carbocycles. The number of fused-ring (bicyclic) bond motifs is 2. The van der Waals surface area contributed by atoms with Crippen LogP contribution < -0.4 is 10.1 Å². The lowest BCUT2D eigenvalue weighted by atomic mass is 9.97.